The number of nitrogens with one attached hydrogen (secondary N) is 2. The highest BCUT2D eigenvalue weighted by Gasteiger charge is 2.33. The number of hydrogen-bond acceptors (Lipinski definition) is 5. The van der Waals surface area contributed by atoms with Crippen LogP contribution in [0.1, 0.15) is 30.4 Å². The van der Waals surface area contributed by atoms with Crippen molar-refractivity contribution in [2.45, 2.75) is 37.7 Å². The minimum Gasteiger partial charge on any atom is -0.388 e. The number of amides is 3. The van der Waals surface area contributed by atoms with Crippen LogP contribution in [0.2, 0.25) is 0 Å². The second-order valence-corrected chi connectivity index (χ2v) is 7.44. The highest BCUT2D eigenvalue weighted by atomic mass is 16.5. The van der Waals surface area contributed by atoms with Crippen LogP contribution in [-0.4, -0.2) is 54.7 Å². The van der Waals surface area contributed by atoms with Crippen LogP contribution in [0.4, 0.5) is 11.4 Å². The zero-order chi connectivity index (χ0) is 19.0. The normalized spacial score (nSPS) is 20.2. The first-order valence-electron chi connectivity index (χ1n) is 9.31. The Kier molecular flexibility index (Phi) is 4.61. The summed E-state index contributed by atoms with van der Waals surface area (Å²) < 4.78 is 5.20. The second-order valence-electron chi connectivity index (χ2n) is 7.44. The summed E-state index contributed by atoms with van der Waals surface area (Å²) in [5.74, 6) is -1.49. The van der Waals surface area contributed by atoms with Gasteiger partial charge in [0.1, 0.15) is 0 Å². The van der Waals surface area contributed by atoms with E-state index in [1.54, 1.807) is 11.0 Å². The van der Waals surface area contributed by atoms with E-state index in [4.69, 9.17) is 4.74 Å². The van der Waals surface area contributed by atoms with E-state index in [-0.39, 0.29) is 12.5 Å². The van der Waals surface area contributed by atoms with Crippen molar-refractivity contribution in [3.63, 3.8) is 0 Å². The second kappa shape index (κ2) is 6.94. The molecule has 0 aromatic heterocycles. The Bertz CT molecular complexity index is 801. The first kappa shape index (κ1) is 17.9. The lowest BCUT2D eigenvalue weighted by atomic mass is 9.94. The molecule has 3 heterocycles. The van der Waals surface area contributed by atoms with Gasteiger partial charge in [-0.05, 0) is 36.1 Å². The van der Waals surface area contributed by atoms with E-state index in [0.717, 1.165) is 36.2 Å². The third kappa shape index (κ3) is 3.54. The predicted molar refractivity (Wildman–Crippen MR) is 97.5 cm³/mol. The lowest BCUT2D eigenvalue weighted by Crippen LogP contribution is -2.48. The fraction of sp³-hybridized carbons (Fsp3) is 0.526. The summed E-state index contributed by atoms with van der Waals surface area (Å²) in [6.45, 7) is 1.63. The van der Waals surface area contributed by atoms with Gasteiger partial charge in [0.15, 0.2) is 0 Å². The van der Waals surface area contributed by atoms with Crippen LogP contribution >= 0.6 is 0 Å². The van der Waals surface area contributed by atoms with E-state index < -0.39 is 17.4 Å². The van der Waals surface area contributed by atoms with Crippen molar-refractivity contribution < 1.29 is 24.2 Å². The van der Waals surface area contributed by atoms with Gasteiger partial charge in [0.2, 0.25) is 5.91 Å². The first-order chi connectivity index (χ1) is 13.0. The fourth-order valence-electron chi connectivity index (χ4n) is 3.99. The van der Waals surface area contributed by atoms with Crippen LogP contribution in [0, 0.1) is 0 Å². The van der Waals surface area contributed by atoms with E-state index in [0.29, 0.717) is 38.2 Å². The fourth-order valence-corrected chi connectivity index (χ4v) is 3.99. The van der Waals surface area contributed by atoms with E-state index in [9.17, 15) is 19.5 Å². The number of carbonyl (C=O) groups excluding carboxylic acids is 3. The average molecular weight is 373 g/mol. The molecule has 8 heteroatoms. The number of anilines is 2. The van der Waals surface area contributed by atoms with Crippen molar-refractivity contribution in [3.05, 3.63) is 23.3 Å². The molecule has 4 rings (SSSR count). The Morgan fingerprint density at radius 1 is 1.19 bits per heavy atom. The molecule has 0 bridgehead atoms. The lowest BCUT2D eigenvalue weighted by molar-refractivity contribution is -0.137. The summed E-state index contributed by atoms with van der Waals surface area (Å²) >= 11 is 0. The van der Waals surface area contributed by atoms with Gasteiger partial charge in [0, 0.05) is 44.8 Å². The van der Waals surface area contributed by atoms with Crippen LogP contribution in [0.25, 0.3) is 0 Å². The van der Waals surface area contributed by atoms with Crippen molar-refractivity contribution >= 4 is 29.1 Å². The van der Waals surface area contributed by atoms with Crippen molar-refractivity contribution in [1.82, 2.24) is 5.32 Å². The van der Waals surface area contributed by atoms with E-state index in [2.05, 4.69) is 10.6 Å². The minimum atomic E-state index is -1.03. The quantitative estimate of drug-likeness (QED) is 0.652. The number of nitrogens with zero attached hydrogens (tertiary/aromatic N) is 1. The molecule has 3 amide bonds. The molecule has 3 N–H and O–H groups in total. The number of ether oxygens (including phenoxy) is 1. The number of carbonyl (C=O) groups is 3. The molecule has 0 saturated carbocycles. The Labute approximate surface area is 156 Å². The molecular formula is C19H23N3O5. The predicted octanol–water partition coefficient (Wildman–Crippen LogP) is 0.118. The summed E-state index contributed by atoms with van der Waals surface area (Å²) in [6, 6.07) is 3.60. The van der Waals surface area contributed by atoms with Crippen molar-refractivity contribution in [2.24, 2.45) is 0 Å². The molecule has 27 heavy (non-hydrogen) atoms. The van der Waals surface area contributed by atoms with Crippen LogP contribution in [-0.2, 0) is 32.0 Å². The van der Waals surface area contributed by atoms with Gasteiger partial charge < -0.3 is 25.4 Å². The van der Waals surface area contributed by atoms with Gasteiger partial charge in [0.05, 0.1) is 17.7 Å². The van der Waals surface area contributed by atoms with Gasteiger partial charge in [-0.2, -0.15) is 0 Å². The van der Waals surface area contributed by atoms with Crippen molar-refractivity contribution in [1.29, 1.82) is 0 Å². The molecule has 0 radical (unpaired) electrons. The first-order valence-corrected chi connectivity index (χ1v) is 9.31. The third-order valence-corrected chi connectivity index (χ3v) is 5.47. The van der Waals surface area contributed by atoms with Crippen LogP contribution < -0.4 is 15.5 Å². The molecule has 144 valence electrons. The maximum atomic E-state index is 12.2. The largest absolute Gasteiger partial charge is 0.388 e. The van der Waals surface area contributed by atoms with Gasteiger partial charge in [-0.1, -0.05) is 0 Å². The van der Waals surface area contributed by atoms with Gasteiger partial charge in [-0.25, -0.2) is 0 Å². The zero-order valence-electron chi connectivity index (χ0n) is 15.0. The molecule has 1 fully saturated rings. The lowest BCUT2D eigenvalue weighted by Gasteiger charge is -2.31. The average Bonchev–Trinajstić information content (AvgIpc) is 2.97. The Morgan fingerprint density at radius 2 is 1.93 bits per heavy atom. The Morgan fingerprint density at radius 3 is 2.70 bits per heavy atom. The molecule has 0 unspecified atom stereocenters. The van der Waals surface area contributed by atoms with Gasteiger partial charge in [0.25, 0.3) is 0 Å². The summed E-state index contributed by atoms with van der Waals surface area (Å²) in [7, 11) is 0. The van der Waals surface area contributed by atoms with E-state index >= 15 is 0 Å². The molecule has 3 aliphatic heterocycles. The molecule has 1 aromatic carbocycles. The molecule has 0 atom stereocenters. The SMILES string of the molecule is O=C(NCC1(O)CCOCC1)C(=O)Nc1cc2c3c(c1)CC(=O)N3CCC2. The molecule has 0 spiro atoms. The monoisotopic (exact) mass is 373 g/mol. The summed E-state index contributed by atoms with van der Waals surface area (Å²) in [5.41, 5.74) is 2.37. The molecule has 8 nitrogen and oxygen atoms in total. The van der Waals surface area contributed by atoms with Crippen LogP contribution in [0.15, 0.2) is 12.1 Å². The topological polar surface area (TPSA) is 108 Å². The van der Waals surface area contributed by atoms with Gasteiger partial charge >= 0.3 is 11.8 Å². The third-order valence-electron chi connectivity index (χ3n) is 5.47. The molecule has 0 aliphatic carbocycles. The van der Waals surface area contributed by atoms with Crippen LogP contribution in [0.3, 0.4) is 0 Å². The number of rotatable bonds is 3. The number of hydrogen-bond donors (Lipinski definition) is 3. The zero-order valence-corrected chi connectivity index (χ0v) is 15.0. The smallest absolute Gasteiger partial charge is 0.313 e. The highest BCUT2D eigenvalue weighted by molar-refractivity contribution is 6.39. The molecular weight excluding hydrogens is 350 g/mol. The maximum Gasteiger partial charge on any atom is 0.313 e. The Balaban J connectivity index is 1.40. The standard InChI is InChI=1S/C19H23N3O5/c23-15-10-13-9-14(8-12-2-1-5-22(15)16(12)13)21-18(25)17(24)20-11-19(26)3-6-27-7-4-19/h8-9,26H,1-7,10-11H2,(H,20,24)(H,21,25). The summed E-state index contributed by atoms with van der Waals surface area (Å²) in [4.78, 5) is 38.2. The Hall–Kier alpha value is -2.45. The van der Waals surface area contributed by atoms with E-state index in [1.807, 2.05) is 6.07 Å². The van der Waals surface area contributed by atoms with Crippen molar-refractivity contribution in [2.75, 3.05) is 36.5 Å². The van der Waals surface area contributed by atoms with Gasteiger partial charge in [-0.15, -0.1) is 0 Å². The highest BCUT2D eigenvalue weighted by Crippen LogP contribution is 2.38. The number of aliphatic hydroxyl groups is 1. The van der Waals surface area contributed by atoms with Gasteiger partial charge in [-0.3, -0.25) is 14.4 Å². The summed E-state index contributed by atoms with van der Waals surface area (Å²) in [6.07, 6.45) is 2.91. The maximum absolute atomic E-state index is 12.2. The number of benzene rings is 1. The number of aryl methyl sites for hydroxylation is 1. The molecule has 1 saturated heterocycles. The minimum absolute atomic E-state index is 0.0154. The molecule has 3 aliphatic rings. The van der Waals surface area contributed by atoms with E-state index in [1.165, 1.54) is 0 Å². The molecule has 1 aromatic rings. The van der Waals surface area contributed by atoms with Crippen LogP contribution in [0.5, 0.6) is 0 Å². The summed E-state index contributed by atoms with van der Waals surface area (Å²) in [5, 5.41) is 15.5. The van der Waals surface area contributed by atoms with Crippen molar-refractivity contribution in [3.8, 4) is 0 Å².